The van der Waals surface area contributed by atoms with Crippen LogP contribution >= 0.6 is 34.2 Å². The van der Waals surface area contributed by atoms with Crippen LogP contribution < -0.4 is 8.92 Å². The molecule has 156 valence electrons. The van der Waals surface area contributed by atoms with E-state index in [0.29, 0.717) is 20.9 Å². The van der Waals surface area contributed by atoms with Crippen LogP contribution in [0.3, 0.4) is 0 Å². The fourth-order valence-electron chi connectivity index (χ4n) is 2.62. The predicted octanol–water partition coefficient (Wildman–Crippen LogP) is 6.17. The molecule has 3 aromatic rings. The second-order valence-corrected chi connectivity index (χ2v) is 9.44. The first-order chi connectivity index (χ1) is 14.3. The largest absolute Gasteiger partial charge is 0.490 e. The molecule has 3 rings (SSSR count). The second kappa shape index (κ2) is 9.80. The maximum absolute atomic E-state index is 12.7. The number of rotatable bonds is 7. The molecule has 0 aliphatic carbocycles. The number of nitrogens with zero attached hydrogens (tertiary/aromatic N) is 1. The average molecular weight is 556 g/mol. The summed E-state index contributed by atoms with van der Waals surface area (Å²) in [5.41, 5.74) is 2.68. The number of hydrogen-bond acceptors (Lipinski definition) is 5. The molecule has 0 aliphatic heterocycles. The van der Waals surface area contributed by atoms with Crippen molar-refractivity contribution in [2.45, 2.75) is 18.7 Å². The molecule has 0 spiro atoms. The van der Waals surface area contributed by atoms with Gasteiger partial charge in [-0.1, -0.05) is 29.8 Å². The van der Waals surface area contributed by atoms with E-state index in [1.807, 2.05) is 60.7 Å². The Balaban J connectivity index is 1.95. The van der Waals surface area contributed by atoms with Crippen LogP contribution in [0.2, 0.25) is 5.02 Å². The molecule has 0 bridgehead atoms. The molecule has 0 unspecified atom stereocenters. The molecule has 5 nitrogen and oxygen atoms in total. The molecule has 0 fully saturated rings. The Labute approximate surface area is 195 Å². The molecule has 8 heteroatoms. The van der Waals surface area contributed by atoms with E-state index in [1.54, 1.807) is 18.3 Å². The lowest BCUT2D eigenvalue weighted by Gasteiger charge is -2.14. The van der Waals surface area contributed by atoms with Crippen molar-refractivity contribution in [3.8, 4) is 11.5 Å². The zero-order valence-corrected chi connectivity index (χ0v) is 20.0. The normalized spacial score (nSPS) is 11.6. The highest BCUT2D eigenvalue weighted by atomic mass is 127. The van der Waals surface area contributed by atoms with Gasteiger partial charge in [-0.2, -0.15) is 8.42 Å². The van der Waals surface area contributed by atoms with E-state index in [4.69, 9.17) is 20.5 Å². The van der Waals surface area contributed by atoms with Gasteiger partial charge in [0.25, 0.3) is 0 Å². The van der Waals surface area contributed by atoms with Gasteiger partial charge in [-0.3, -0.25) is 4.99 Å². The van der Waals surface area contributed by atoms with E-state index in [2.05, 4.69) is 4.99 Å². The van der Waals surface area contributed by atoms with Gasteiger partial charge in [-0.15, -0.1) is 0 Å². The molecule has 0 saturated heterocycles. The first kappa shape index (κ1) is 22.6. The highest BCUT2D eigenvalue weighted by molar-refractivity contribution is 14.1. The number of para-hydroxylation sites is 1. The number of aryl methyl sites for hydroxylation is 1. The quantitative estimate of drug-likeness (QED) is 0.199. The molecular formula is C22H19ClINO4S. The van der Waals surface area contributed by atoms with Crippen molar-refractivity contribution in [3.63, 3.8) is 0 Å². The van der Waals surface area contributed by atoms with Gasteiger partial charge in [0.15, 0.2) is 11.5 Å². The summed E-state index contributed by atoms with van der Waals surface area (Å²) in [5.74, 6) is 0.466. The molecule has 0 atom stereocenters. The van der Waals surface area contributed by atoms with Gasteiger partial charge < -0.3 is 8.92 Å². The number of hydrogen-bond donors (Lipinski definition) is 0. The van der Waals surface area contributed by atoms with Crippen molar-refractivity contribution in [2.75, 3.05) is 6.61 Å². The van der Waals surface area contributed by atoms with Crippen LogP contribution in [0.1, 0.15) is 18.1 Å². The topological polar surface area (TPSA) is 65.0 Å². The number of ether oxygens (including phenoxy) is 1. The Morgan fingerprint density at radius 3 is 2.47 bits per heavy atom. The van der Waals surface area contributed by atoms with Crippen molar-refractivity contribution < 1.29 is 17.3 Å². The van der Waals surface area contributed by atoms with Crippen LogP contribution in [0.25, 0.3) is 0 Å². The SMILES string of the molecule is CCOc1cc(C=Nc2ccccc2C)cc(I)c1OS(=O)(=O)c1ccc(Cl)cc1. The minimum atomic E-state index is -4.04. The fraction of sp³-hybridized carbons (Fsp3) is 0.136. The molecule has 30 heavy (non-hydrogen) atoms. The minimum absolute atomic E-state index is 0.00957. The molecular weight excluding hydrogens is 537 g/mol. The Kier molecular flexibility index (Phi) is 7.38. The molecule has 0 saturated carbocycles. The zero-order chi connectivity index (χ0) is 21.7. The molecule has 0 radical (unpaired) electrons. The van der Waals surface area contributed by atoms with Gasteiger partial charge in [0, 0.05) is 11.2 Å². The van der Waals surface area contributed by atoms with Crippen LogP contribution in [0.5, 0.6) is 11.5 Å². The van der Waals surface area contributed by atoms with Crippen molar-refractivity contribution in [3.05, 3.63) is 80.4 Å². The Bertz CT molecular complexity index is 1180. The molecule has 0 aliphatic rings. The third-order valence-electron chi connectivity index (χ3n) is 4.10. The summed E-state index contributed by atoms with van der Waals surface area (Å²) in [5, 5.41) is 0.441. The second-order valence-electron chi connectivity index (χ2n) is 6.30. The van der Waals surface area contributed by atoms with Gasteiger partial charge >= 0.3 is 10.1 Å². The third kappa shape index (κ3) is 5.53. The highest BCUT2D eigenvalue weighted by Crippen LogP contribution is 2.36. The molecule has 0 N–H and O–H groups in total. The molecule has 3 aromatic carbocycles. The smallest absolute Gasteiger partial charge is 0.339 e. The first-order valence-electron chi connectivity index (χ1n) is 9.06. The van der Waals surface area contributed by atoms with Gasteiger partial charge in [0.05, 0.1) is 15.9 Å². The molecule has 0 heterocycles. The van der Waals surface area contributed by atoms with Crippen LogP contribution in [0.4, 0.5) is 5.69 Å². The fourth-order valence-corrected chi connectivity index (χ4v) is 4.59. The van der Waals surface area contributed by atoms with Gasteiger partial charge in [0.2, 0.25) is 0 Å². The lowest BCUT2D eigenvalue weighted by Crippen LogP contribution is -2.12. The van der Waals surface area contributed by atoms with Crippen molar-refractivity contribution in [2.24, 2.45) is 4.99 Å². The lowest BCUT2D eigenvalue weighted by molar-refractivity contribution is 0.327. The summed E-state index contributed by atoms with van der Waals surface area (Å²) < 4.78 is 37.1. The monoisotopic (exact) mass is 555 g/mol. The lowest BCUT2D eigenvalue weighted by atomic mass is 10.2. The van der Waals surface area contributed by atoms with Crippen molar-refractivity contribution in [1.82, 2.24) is 0 Å². The summed E-state index contributed by atoms with van der Waals surface area (Å²) in [6, 6.07) is 17.1. The Morgan fingerprint density at radius 2 is 1.80 bits per heavy atom. The summed E-state index contributed by atoms with van der Waals surface area (Å²) in [4.78, 5) is 4.53. The van der Waals surface area contributed by atoms with Gasteiger partial charge in [-0.05, 0) is 90.0 Å². The summed E-state index contributed by atoms with van der Waals surface area (Å²) in [6.07, 6.45) is 1.71. The van der Waals surface area contributed by atoms with E-state index in [9.17, 15) is 8.42 Å². The Hall–Kier alpha value is -2.10. The van der Waals surface area contributed by atoms with E-state index < -0.39 is 10.1 Å². The van der Waals surface area contributed by atoms with E-state index >= 15 is 0 Å². The Morgan fingerprint density at radius 1 is 1.10 bits per heavy atom. The van der Waals surface area contributed by atoms with E-state index in [-0.39, 0.29) is 10.6 Å². The van der Waals surface area contributed by atoms with Crippen LogP contribution in [0, 0.1) is 10.5 Å². The predicted molar refractivity (Wildman–Crippen MR) is 128 cm³/mol. The number of halogens is 2. The van der Waals surface area contributed by atoms with Crippen molar-refractivity contribution in [1.29, 1.82) is 0 Å². The van der Waals surface area contributed by atoms with Gasteiger partial charge in [-0.25, -0.2) is 0 Å². The third-order valence-corrected chi connectivity index (χ3v) is 6.38. The standard InChI is InChI=1S/C22H19ClINO4S/c1-3-28-21-13-16(14-25-20-7-5-4-6-15(20)2)12-19(24)22(21)29-30(26,27)18-10-8-17(23)9-11-18/h4-14H,3H2,1-2H3. The van der Waals surface area contributed by atoms with E-state index in [1.165, 1.54) is 24.3 Å². The zero-order valence-electron chi connectivity index (χ0n) is 16.3. The van der Waals surface area contributed by atoms with Crippen LogP contribution in [-0.2, 0) is 10.1 Å². The van der Waals surface area contributed by atoms with Crippen LogP contribution in [0.15, 0.2) is 70.6 Å². The van der Waals surface area contributed by atoms with Gasteiger partial charge in [0.1, 0.15) is 4.90 Å². The highest BCUT2D eigenvalue weighted by Gasteiger charge is 2.22. The number of benzene rings is 3. The average Bonchev–Trinajstić information content (AvgIpc) is 2.70. The maximum atomic E-state index is 12.7. The minimum Gasteiger partial charge on any atom is -0.490 e. The molecule has 0 aromatic heterocycles. The van der Waals surface area contributed by atoms with E-state index in [0.717, 1.165) is 16.8 Å². The van der Waals surface area contributed by atoms with Crippen molar-refractivity contribution >= 4 is 56.2 Å². The summed E-state index contributed by atoms with van der Waals surface area (Å²) >= 11 is 7.87. The number of aliphatic imine (C=N–C) groups is 1. The summed E-state index contributed by atoms with van der Waals surface area (Å²) in [6.45, 7) is 4.16. The molecule has 0 amide bonds. The summed E-state index contributed by atoms with van der Waals surface area (Å²) in [7, 11) is -4.04. The van der Waals surface area contributed by atoms with Crippen LogP contribution in [-0.4, -0.2) is 21.2 Å². The maximum Gasteiger partial charge on any atom is 0.339 e. The first-order valence-corrected chi connectivity index (χ1v) is 11.9.